The number of benzene rings is 1. The summed E-state index contributed by atoms with van der Waals surface area (Å²) in [5, 5.41) is 12.9. The Bertz CT molecular complexity index is 528. The molecule has 0 radical (unpaired) electrons. The number of aromatic nitrogens is 1. The largest absolute Gasteiger partial charge is 0.386 e. The molecule has 1 aromatic carbocycles. The van der Waals surface area contributed by atoms with E-state index in [1.807, 2.05) is 30.3 Å². The highest BCUT2D eigenvalue weighted by atomic mass is 16.3. The fraction of sp³-hybridized carbons (Fsp3) is 0.200. The number of carbonyl (C=O) groups is 1. The van der Waals surface area contributed by atoms with Crippen molar-refractivity contribution in [2.24, 2.45) is 0 Å². The molecule has 2 atom stereocenters. The SMILES string of the molecule is CC(NC(=O)c1cccnc1)C(O)c1ccccc1. The van der Waals surface area contributed by atoms with Crippen LogP contribution in [0.4, 0.5) is 0 Å². The first-order valence-corrected chi connectivity index (χ1v) is 6.12. The van der Waals surface area contributed by atoms with Gasteiger partial charge in [0.25, 0.3) is 5.91 Å². The molecule has 0 spiro atoms. The van der Waals surface area contributed by atoms with Crippen LogP contribution in [-0.4, -0.2) is 22.0 Å². The number of hydrogen-bond donors (Lipinski definition) is 2. The number of rotatable bonds is 4. The van der Waals surface area contributed by atoms with Crippen molar-refractivity contribution in [2.75, 3.05) is 0 Å². The molecule has 0 bridgehead atoms. The molecule has 2 aromatic rings. The zero-order valence-corrected chi connectivity index (χ0v) is 10.7. The minimum absolute atomic E-state index is 0.240. The number of nitrogens with one attached hydrogen (secondary N) is 1. The van der Waals surface area contributed by atoms with Gasteiger partial charge in [0, 0.05) is 12.4 Å². The van der Waals surface area contributed by atoms with Gasteiger partial charge >= 0.3 is 0 Å². The van der Waals surface area contributed by atoms with Gasteiger partial charge in [-0.25, -0.2) is 0 Å². The van der Waals surface area contributed by atoms with Crippen molar-refractivity contribution in [2.45, 2.75) is 19.1 Å². The fourth-order valence-corrected chi connectivity index (χ4v) is 1.81. The molecule has 19 heavy (non-hydrogen) atoms. The molecule has 0 aliphatic carbocycles. The molecular weight excluding hydrogens is 240 g/mol. The maximum atomic E-state index is 11.9. The van der Waals surface area contributed by atoms with Crippen molar-refractivity contribution in [3.8, 4) is 0 Å². The van der Waals surface area contributed by atoms with E-state index < -0.39 is 6.10 Å². The third kappa shape index (κ3) is 3.39. The molecule has 1 amide bonds. The predicted octanol–water partition coefficient (Wildman–Crippen LogP) is 1.93. The highest BCUT2D eigenvalue weighted by molar-refractivity contribution is 5.94. The quantitative estimate of drug-likeness (QED) is 0.878. The maximum absolute atomic E-state index is 11.9. The molecule has 0 aliphatic heterocycles. The summed E-state index contributed by atoms with van der Waals surface area (Å²) in [6.07, 6.45) is 2.37. The van der Waals surface area contributed by atoms with E-state index in [0.717, 1.165) is 5.56 Å². The minimum atomic E-state index is -0.734. The first-order valence-electron chi connectivity index (χ1n) is 6.12. The molecule has 4 nitrogen and oxygen atoms in total. The first-order chi connectivity index (χ1) is 9.18. The smallest absolute Gasteiger partial charge is 0.253 e. The molecular formula is C15H16N2O2. The molecule has 98 valence electrons. The van der Waals surface area contributed by atoms with Crippen molar-refractivity contribution in [3.63, 3.8) is 0 Å². The monoisotopic (exact) mass is 256 g/mol. The highest BCUT2D eigenvalue weighted by Crippen LogP contribution is 2.16. The van der Waals surface area contributed by atoms with E-state index in [-0.39, 0.29) is 11.9 Å². The number of nitrogens with zero attached hydrogens (tertiary/aromatic N) is 1. The van der Waals surface area contributed by atoms with Crippen LogP contribution >= 0.6 is 0 Å². The molecule has 2 unspecified atom stereocenters. The summed E-state index contributed by atoms with van der Waals surface area (Å²) in [4.78, 5) is 15.8. The van der Waals surface area contributed by atoms with E-state index in [9.17, 15) is 9.90 Å². The number of aliphatic hydroxyl groups excluding tert-OH is 1. The Morgan fingerprint density at radius 3 is 2.58 bits per heavy atom. The average molecular weight is 256 g/mol. The lowest BCUT2D eigenvalue weighted by molar-refractivity contribution is 0.0851. The van der Waals surface area contributed by atoms with Crippen LogP contribution < -0.4 is 5.32 Å². The van der Waals surface area contributed by atoms with Gasteiger partial charge in [0.2, 0.25) is 0 Å². The van der Waals surface area contributed by atoms with E-state index in [0.29, 0.717) is 5.56 Å². The topological polar surface area (TPSA) is 62.2 Å². The second-order valence-corrected chi connectivity index (χ2v) is 4.36. The van der Waals surface area contributed by atoms with E-state index in [1.54, 1.807) is 25.3 Å². The van der Waals surface area contributed by atoms with Crippen molar-refractivity contribution < 1.29 is 9.90 Å². The van der Waals surface area contributed by atoms with Crippen LogP contribution in [0.5, 0.6) is 0 Å². The summed E-state index contributed by atoms with van der Waals surface area (Å²) in [5.74, 6) is -0.240. The van der Waals surface area contributed by atoms with E-state index >= 15 is 0 Å². The molecule has 1 aromatic heterocycles. The zero-order valence-electron chi connectivity index (χ0n) is 10.7. The third-order valence-corrected chi connectivity index (χ3v) is 2.90. The lowest BCUT2D eigenvalue weighted by atomic mass is 10.0. The molecule has 4 heteroatoms. The number of pyridine rings is 1. The first kappa shape index (κ1) is 13.2. The molecule has 0 fully saturated rings. The van der Waals surface area contributed by atoms with Gasteiger partial charge in [-0.1, -0.05) is 30.3 Å². The van der Waals surface area contributed by atoms with Gasteiger partial charge in [0.15, 0.2) is 0 Å². The summed E-state index contributed by atoms with van der Waals surface area (Å²) in [7, 11) is 0. The maximum Gasteiger partial charge on any atom is 0.253 e. The van der Waals surface area contributed by atoms with Gasteiger partial charge in [-0.3, -0.25) is 9.78 Å². The summed E-state index contributed by atoms with van der Waals surface area (Å²) in [6.45, 7) is 1.77. The fourth-order valence-electron chi connectivity index (χ4n) is 1.81. The lowest BCUT2D eigenvalue weighted by Crippen LogP contribution is -2.37. The van der Waals surface area contributed by atoms with Crippen molar-refractivity contribution in [3.05, 3.63) is 66.0 Å². The normalized spacial score (nSPS) is 13.6. The predicted molar refractivity (Wildman–Crippen MR) is 72.6 cm³/mol. The summed E-state index contributed by atoms with van der Waals surface area (Å²) < 4.78 is 0. The summed E-state index contributed by atoms with van der Waals surface area (Å²) in [5.41, 5.74) is 1.26. The summed E-state index contributed by atoms with van der Waals surface area (Å²) >= 11 is 0. The number of carbonyl (C=O) groups excluding carboxylic acids is 1. The van der Waals surface area contributed by atoms with E-state index in [1.165, 1.54) is 6.20 Å². The van der Waals surface area contributed by atoms with Gasteiger partial charge in [-0.15, -0.1) is 0 Å². The van der Waals surface area contributed by atoms with Gasteiger partial charge in [0.1, 0.15) is 0 Å². The van der Waals surface area contributed by atoms with Crippen LogP contribution in [0.2, 0.25) is 0 Å². The molecule has 0 aliphatic rings. The van der Waals surface area contributed by atoms with Gasteiger partial charge in [-0.2, -0.15) is 0 Å². The summed E-state index contributed by atoms with van der Waals surface area (Å²) in [6, 6.07) is 12.3. The van der Waals surface area contributed by atoms with Crippen LogP contribution in [0.25, 0.3) is 0 Å². The zero-order chi connectivity index (χ0) is 13.7. The lowest BCUT2D eigenvalue weighted by Gasteiger charge is -2.20. The van der Waals surface area contributed by atoms with E-state index in [2.05, 4.69) is 10.3 Å². The van der Waals surface area contributed by atoms with Crippen LogP contribution in [0, 0.1) is 0 Å². The Labute approximate surface area is 112 Å². The second-order valence-electron chi connectivity index (χ2n) is 4.36. The minimum Gasteiger partial charge on any atom is -0.386 e. The Hall–Kier alpha value is -2.20. The third-order valence-electron chi connectivity index (χ3n) is 2.90. The molecule has 0 saturated heterocycles. The number of amides is 1. The van der Waals surface area contributed by atoms with Crippen molar-refractivity contribution in [1.82, 2.24) is 10.3 Å². The Morgan fingerprint density at radius 1 is 1.21 bits per heavy atom. The van der Waals surface area contributed by atoms with Gasteiger partial charge in [-0.05, 0) is 24.6 Å². The van der Waals surface area contributed by atoms with Crippen LogP contribution in [0.3, 0.4) is 0 Å². The standard InChI is InChI=1S/C15H16N2O2/c1-11(14(18)12-6-3-2-4-7-12)17-15(19)13-8-5-9-16-10-13/h2-11,14,18H,1H3,(H,17,19). The highest BCUT2D eigenvalue weighted by Gasteiger charge is 2.18. The van der Waals surface area contributed by atoms with Gasteiger partial charge in [0.05, 0.1) is 17.7 Å². The molecule has 2 rings (SSSR count). The molecule has 0 saturated carbocycles. The molecule has 1 heterocycles. The van der Waals surface area contributed by atoms with Crippen LogP contribution in [0.15, 0.2) is 54.9 Å². The number of aliphatic hydroxyl groups is 1. The Balaban J connectivity index is 2.02. The van der Waals surface area contributed by atoms with Crippen molar-refractivity contribution >= 4 is 5.91 Å². The van der Waals surface area contributed by atoms with Crippen molar-refractivity contribution in [1.29, 1.82) is 0 Å². The number of hydrogen-bond acceptors (Lipinski definition) is 3. The van der Waals surface area contributed by atoms with Gasteiger partial charge < -0.3 is 10.4 Å². The Kier molecular flexibility index (Phi) is 4.26. The average Bonchev–Trinajstić information content (AvgIpc) is 2.48. The van der Waals surface area contributed by atoms with Crippen LogP contribution in [-0.2, 0) is 0 Å². The molecule has 2 N–H and O–H groups in total. The Morgan fingerprint density at radius 2 is 1.95 bits per heavy atom. The second kappa shape index (κ2) is 6.11. The van der Waals surface area contributed by atoms with Crippen LogP contribution in [0.1, 0.15) is 28.9 Å². The van der Waals surface area contributed by atoms with E-state index in [4.69, 9.17) is 0 Å².